The number of hydrogen-bond donors (Lipinski definition) is 1. The van der Waals surface area contributed by atoms with Gasteiger partial charge in [0.1, 0.15) is 0 Å². The lowest BCUT2D eigenvalue weighted by Gasteiger charge is -2.21. The average molecular weight is 183 g/mol. The maximum Gasteiger partial charge on any atom is 0.0579 e. The van der Waals surface area contributed by atoms with Crippen LogP contribution in [0.3, 0.4) is 0 Å². The molecule has 0 amide bonds. The Hall–Kier alpha value is -0.0800. The van der Waals surface area contributed by atoms with Crippen LogP contribution in [0.4, 0.5) is 0 Å². The molecule has 1 aliphatic heterocycles. The van der Waals surface area contributed by atoms with Gasteiger partial charge in [-0.25, -0.2) is 0 Å². The van der Waals surface area contributed by atoms with E-state index < -0.39 is 0 Å². The summed E-state index contributed by atoms with van der Waals surface area (Å²) >= 11 is 0. The fourth-order valence-corrected chi connectivity index (χ4v) is 2.87. The van der Waals surface area contributed by atoms with Crippen LogP contribution in [0.25, 0.3) is 0 Å². The summed E-state index contributed by atoms with van der Waals surface area (Å²) in [4.78, 5) is 0. The zero-order chi connectivity index (χ0) is 9.10. The molecule has 13 heavy (non-hydrogen) atoms. The van der Waals surface area contributed by atoms with E-state index in [0.29, 0.717) is 6.10 Å². The highest BCUT2D eigenvalue weighted by molar-refractivity contribution is 4.84. The van der Waals surface area contributed by atoms with Gasteiger partial charge in [-0.05, 0) is 45.1 Å². The molecule has 1 heterocycles. The van der Waals surface area contributed by atoms with E-state index in [1.54, 1.807) is 0 Å². The number of nitrogens with one attached hydrogen (secondary N) is 1. The molecule has 76 valence electrons. The van der Waals surface area contributed by atoms with Gasteiger partial charge in [-0.2, -0.15) is 0 Å². The van der Waals surface area contributed by atoms with Crippen LogP contribution in [0.5, 0.6) is 0 Å². The standard InChI is InChI=1S/C11H21NO/c1-12-11-6-2-4-9(11)8-10-5-3-7-13-10/h9-12H,2-8H2,1H3. The Bertz CT molecular complexity index is 154. The zero-order valence-corrected chi connectivity index (χ0v) is 8.59. The van der Waals surface area contributed by atoms with E-state index in [2.05, 4.69) is 12.4 Å². The quantitative estimate of drug-likeness (QED) is 0.722. The van der Waals surface area contributed by atoms with Crippen LogP contribution in [0.15, 0.2) is 0 Å². The maximum atomic E-state index is 5.68. The van der Waals surface area contributed by atoms with Gasteiger partial charge in [0, 0.05) is 12.6 Å². The average Bonchev–Trinajstić information content (AvgIpc) is 2.76. The smallest absolute Gasteiger partial charge is 0.0579 e. The topological polar surface area (TPSA) is 21.3 Å². The van der Waals surface area contributed by atoms with Gasteiger partial charge in [0.05, 0.1) is 6.10 Å². The minimum absolute atomic E-state index is 0.582. The third-order valence-corrected chi connectivity index (χ3v) is 3.62. The largest absolute Gasteiger partial charge is 0.378 e. The van der Waals surface area contributed by atoms with Crippen LogP contribution in [-0.4, -0.2) is 25.8 Å². The van der Waals surface area contributed by atoms with Crippen molar-refractivity contribution < 1.29 is 4.74 Å². The normalized spacial score (nSPS) is 39.9. The highest BCUT2D eigenvalue weighted by Crippen LogP contribution is 2.32. The Labute approximate surface area is 81.0 Å². The van der Waals surface area contributed by atoms with Crippen molar-refractivity contribution in [2.75, 3.05) is 13.7 Å². The summed E-state index contributed by atoms with van der Waals surface area (Å²) in [5.41, 5.74) is 0. The second-order valence-electron chi connectivity index (χ2n) is 4.46. The molecule has 0 aromatic heterocycles. The van der Waals surface area contributed by atoms with E-state index in [1.165, 1.54) is 38.5 Å². The van der Waals surface area contributed by atoms with Crippen molar-refractivity contribution in [3.05, 3.63) is 0 Å². The van der Waals surface area contributed by atoms with Crippen molar-refractivity contribution in [2.45, 2.75) is 50.7 Å². The van der Waals surface area contributed by atoms with Crippen LogP contribution in [0.1, 0.15) is 38.5 Å². The van der Waals surface area contributed by atoms with E-state index >= 15 is 0 Å². The second-order valence-corrected chi connectivity index (χ2v) is 4.46. The fourth-order valence-electron chi connectivity index (χ4n) is 2.87. The van der Waals surface area contributed by atoms with Gasteiger partial charge in [-0.3, -0.25) is 0 Å². The van der Waals surface area contributed by atoms with Gasteiger partial charge < -0.3 is 10.1 Å². The van der Waals surface area contributed by atoms with Gasteiger partial charge >= 0.3 is 0 Å². The van der Waals surface area contributed by atoms with Crippen LogP contribution < -0.4 is 5.32 Å². The van der Waals surface area contributed by atoms with Gasteiger partial charge in [0.2, 0.25) is 0 Å². The van der Waals surface area contributed by atoms with Crippen molar-refractivity contribution in [1.82, 2.24) is 5.32 Å². The summed E-state index contributed by atoms with van der Waals surface area (Å²) in [6, 6.07) is 0.768. The lowest BCUT2D eigenvalue weighted by atomic mass is 9.95. The minimum Gasteiger partial charge on any atom is -0.378 e. The maximum absolute atomic E-state index is 5.68. The van der Waals surface area contributed by atoms with Gasteiger partial charge in [0.25, 0.3) is 0 Å². The molecule has 2 nitrogen and oxygen atoms in total. The molecular weight excluding hydrogens is 162 g/mol. The minimum atomic E-state index is 0.582. The van der Waals surface area contributed by atoms with Gasteiger partial charge in [-0.15, -0.1) is 0 Å². The first-order chi connectivity index (χ1) is 6.40. The first-order valence-corrected chi connectivity index (χ1v) is 5.69. The Morgan fingerprint density at radius 1 is 1.23 bits per heavy atom. The number of hydrogen-bond acceptors (Lipinski definition) is 2. The lowest BCUT2D eigenvalue weighted by molar-refractivity contribution is 0.0866. The third-order valence-electron chi connectivity index (χ3n) is 3.62. The predicted molar refractivity (Wildman–Crippen MR) is 53.8 cm³/mol. The first-order valence-electron chi connectivity index (χ1n) is 5.69. The molecule has 3 unspecified atom stereocenters. The molecule has 0 radical (unpaired) electrons. The van der Waals surface area contributed by atoms with E-state index in [0.717, 1.165) is 18.6 Å². The molecule has 1 saturated heterocycles. The summed E-state index contributed by atoms with van der Waals surface area (Å²) in [7, 11) is 2.10. The Morgan fingerprint density at radius 2 is 2.15 bits per heavy atom. The molecule has 0 spiro atoms. The van der Waals surface area contributed by atoms with E-state index in [9.17, 15) is 0 Å². The van der Waals surface area contributed by atoms with Crippen molar-refractivity contribution in [1.29, 1.82) is 0 Å². The summed E-state index contributed by atoms with van der Waals surface area (Å²) < 4.78 is 5.68. The molecule has 3 atom stereocenters. The molecule has 0 aromatic carbocycles. The summed E-state index contributed by atoms with van der Waals surface area (Å²) in [5.74, 6) is 0.882. The number of rotatable bonds is 3. The first kappa shape index (κ1) is 9.47. The molecule has 2 aliphatic rings. The second kappa shape index (κ2) is 4.43. The molecule has 2 heteroatoms. The van der Waals surface area contributed by atoms with Crippen LogP contribution in [0.2, 0.25) is 0 Å². The van der Waals surface area contributed by atoms with E-state index in [1.807, 2.05) is 0 Å². The number of ether oxygens (including phenoxy) is 1. The van der Waals surface area contributed by atoms with Gasteiger partial charge in [0.15, 0.2) is 0 Å². The monoisotopic (exact) mass is 183 g/mol. The molecular formula is C11H21NO. The van der Waals surface area contributed by atoms with Crippen LogP contribution in [-0.2, 0) is 4.74 Å². The molecule has 1 N–H and O–H groups in total. The molecule has 0 bridgehead atoms. The molecule has 1 aliphatic carbocycles. The summed E-state index contributed by atoms with van der Waals surface area (Å²) in [6.07, 6.45) is 8.64. The van der Waals surface area contributed by atoms with Crippen molar-refractivity contribution in [2.24, 2.45) is 5.92 Å². The predicted octanol–water partition coefficient (Wildman–Crippen LogP) is 1.94. The van der Waals surface area contributed by atoms with E-state index in [-0.39, 0.29) is 0 Å². The summed E-state index contributed by atoms with van der Waals surface area (Å²) in [6.45, 7) is 1.00. The van der Waals surface area contributed by atoms with Crippen molar-refractivity contribution in [3.63, 3.8) is 0 Å². The molecule has 2 rings (SSSR count). The zero-order valence-electron chi connectivity index (χ0n) is 8.59. The van der Waals surface area contributed by atoms with Crippen LogP contribution >= 0.6 is 0 Å². The third kappa shape index (κ3) is 2.23. The molecule has 1 saturated carbocycles. The lowest BCUT2D eigenvalue weighted by Crippen LogP contribution is -2.31. The Kier molecular flexibility index (Phi) is 3.23. The molecule has 0 aromatic rings. The molecule has 2 fully saturated rings. The summed E-state index contributed by atoms with van der Waals surface area (Å²) in [5, 5.41) is 3.43. The Morgan fingerprint density at radius 3 is 2.85 bits per heavy atom. The van der Waals surface area contributed by atoms with Gasteiger partial charge in [-0.1, -0.05) is 6.42 Å². The highest BCUT2D eigenvalue weighted by Gasteiger charge is 2.29. The van der Waals surface area contributed by atoms with E-state index in [4.69, 9.17) is 4.74 Å². The Balaban J connectivity index is 1.79. The van der Waals surface area contributed by atoms with Crippen molar-refractivity contribution in [3.8, 4) is 0 Å². The van der Waals surface area contributed by atoms with Crippen LogP contribution in [0, 0.1) is 5.92 Å². The highest BCUT2D eigenvalue weighted by atomic mass is 16.5. The fraction of sp³-hybridized carbons (Fsp3) is 1.00. The van der Waals surface area contributed by atoms with Crippen molar-refractivity contribution >= 4 is 0 Å². The SMILES string of the molecule is CNC1CCCC1CC1CCCO1.